The van der Waals surface area contributed by atoms with Crippen LogP contribution in [0.3, 0.4) is 0 Å². The van der Waals surface area contributed by atoms with Gasteiger partial charge < -0.3 is 19.2 Å². The molecule has 0 radical (unpaired) electrons. The number of hydrogen-bond acceptors (Lipinski definition) is 5. The summed E-state index contributed by atoms with van der Waals surface area (Å²) < 4.78 is 16.3. The smallest absolute Gasteiger partial charge is 0.251 e. The molecule has 0 unspecified atom stereocenters. The first-order valence-corrected chi connectivity index (χ1v) is 8.62. The van der Waals surface area contributed by atoms with E-state index in [4.69, 9.17) is 13.9 Å². The average Bonchev–Trinajstić information content (AvgIpc) is 3.30. The molecular weight excluding hydrogens is 332 g/mol. The minimum atomic E-state index is -0.115. The fourth-order valence-electron chi connectivity index (χ4n) is 3.02. The van der Waals surface area contributed by atoms with Gasteiger partial charge in [0.25, 0.3) is 5.91 Å². The van der Waals surface area contributed by atoms with Gasteiger partial charge in [0.1, 0.15) is 11.3 Å². The summed E-state index contributed by atoms with van der Waals surface area (Å²) in [7, 11) is 1.64. The van der Waals surface area contributed by atoms with Crippen LogP contribution in [-0.2, 0) is 11.2 Å². The molecule has 2 heterocycles. The number of amides is 1. The summed E-state index contributed by atoms with van der Waals surface area (Å²) in [4.78, 5) is 16.9. The van der Waals surface area contributed by atoms with Gasteiger partial charge in [-0.25, -0.2) is 4.98 Å². The lowest BCUT2D eigenvalue weighted by Crippen LogP contribution is -2.34. The van der Waals surface area contributed by atoms with Gasteiger partial charge in [0.2, 0.25) is 0 Å². The predicted molar refractivity (Wildman–Crippen MR) is 96.5 cm³/mol. The van der Waals surface area contributed by atoms with Crippen molar-refractivity contribution < 1.29 is 18.7 Å². The molecule has 2 aromatic carbocycles. The number of aromatic nitrogens is 1. The number of benzene rings is 2. The van der Waals surface area contributed by atoms with E-state index in [1.165, 1.54) is 0 Å². The topological polar surface area (TPSA) is 73.6 Å². The molecular formula is C20H20N2O4. The number of hydrogen-bond donors (Lipinski definition) is 1. The van der Waals surface area contributed by atoms with E-state index in [1.54, 1.807) is 19.2 Å². The number of rotatable bonds is 5. The summed E-state index contributed by atoms with van der Waals surface area (Å²) in [6, 6.07) is 13.2. The normalized spacial score (nSPS) is 16.7. The predicted octanol–water partition coefficient (Wildman–Crippen LogP) is 2.95. The zero-order valence-corrected chi connectivity index (χ0v) is 14.5. The first-order valence-electron chi connectivity index (χ1n) is 8.62. The van der Waals surface area contributed by atoms with Crippen molar-refractivity contribution in [1.29, 1.82) is 0 Å². The Balaban J connectivity index is 1.50. The van der Waals surface area contributed by atoms with E-state index in [1.807, 2.05) is 30.3 Å². The Kier molecular flexibility index (Phi) is 4.58. The van der Waals surface area contributed by atoms with Crippen LogP contribution in [0.4, 0.5) is 0 Å². The van der Waals surface area contributed by atoms with Gasteiger partial charge in [-0.3, -0.25) is 4.79 Å². The first kappa shape index (κ1) is 16.6. The maximum absolute atomic E-state index is 12.4. The highest BCUT2D eigenvalue weighted by molar-refractivity contribution is 5.97. The number of methoxy groups -OCH3 is 1. The molecule has 3 aromatic rings. The zero-order chi connectivity index (χ0) is 17.9. The van der Waals surface area contributed by atoms with E-state index in [-0.39, 0.29) is 11.9 Å². The molecule has 1 aliphatic rings. The van der Waals surface area contributed by atoms with Crippen molar-refractivity contribution in [3.05, 3.63) is 59.5 Å². The first-order chi connectivity index (χ1) is 12.7. The third-order valence-electron chi connectivity index (χ3n) is 4.47. The number of nitrogens with zero attached hydrogens (tertiary/aromatic N) is 1. The number of oxazole rings is 1. The molecule has 1 amide bonds. The zero-order valence-electron chi connectivity index (χ0n) is 14.5. The second-order valence-electron chi connectivity index (χ2n) is 6.35. The van der Waals surface area contributed by atoms with Crippen LogP contribution in [0.5, 0.6) is 5.75 Å². The lowest BCUT2D eigenvalue weighted by molar-refractivity contribution is 0.0930. The quantitative estimate of drug-likeness (QED) is 0.764. The van der Waals surface area contributed by atoms with Crippen molar-refractivity contribution in [2.75, 3.05) is 20.3 Å². The Morgan fingerprint density at radius 3 is 2.85 bits per heavy atom. The minimum absolute atomic E-state index is 0.0820. The van der Waals surface area contributed by atoms with Gasteiger partial charge in [0.15, 0.2) is 11.5 Å². The summed E-state index contributed by atoms with van der Waals surface area (Å²) in [6.45, 7) is 1.27. The van der Waals surface area contributed by atoms with Crippen LogP contribution in [0.1, 0.15) is 28.2 Å². The molecule has 26 heavy (non-hydrogen) atoms. The second kappa shape index (κ2) is 7.17. The van der Waals surface area contributed by atoms with E-state index in [2.05, 4.69) is 10.3 Å². The van der Waals surface area contributed by atoms with Crippen LogP contribution in [0.2, 0.25) is 0 Å². The highest BCUT2D eigenvalue weighted by Crippen LogP contribution is 2.21. The van der Waals surface area contributed by atoms with Gasteiger partial charge in [0, 0.05) is 18.6 Å². The largest absolute Gasteiger partial charge is 0.497 e. The fraction of sp³-hybridized carbons (Fsp3) is 0.300. The summed E-state index contributed by atoms with van der Waals surface area (Å²) >= 11 is 0. The van der Waals surface area contributed by atoms with E-state index in [9.17, 15) is 4.79 Å². The SMILES string of the molecule is COc1ccc(Cc2nc3ccc(C(=O)N[C@@H]4CCOC4)cc3o2)cc1. The van der Waals surface area contributed by atoms with Gasteiger partial charge >= 0.3 is 0 Å². The Labute approximate surface area is 151 Å². The fourth-order valence-corrected chi connectivity index (χ4v) is 3.02. The summed E-state index contributed by atoms with van der Waals surface area (Å²) in [5, 5.41) is 2.98. The maximum atomic E-state index is 12.4. The number of ether oxygens (including phenoxy) is 2. The molecule has 1 aromatic heterocycles. The van der Waals surface area contributed by atoms with Crippen molar-refractivity contribution >= 4 is 17.0 Å². The third kappa shape index (κ3) is 3.55. The Morgan fingerprint density at radius 2 is 2.12 bits per heavy atom. The molecule has 1 aliphatic heterocycles. The lowest BCUT2D eigenvalue weighted by atomic mass is 10.1. The molecule has 0 bridgehead atoms. The molecule has 1 N–H and O–H groups in total. The van der Waals surface area contributed by atoms with Crippen molar-refractivity contribution in [2.24, 2.45) is 0 Å². The Morgan fingerprint density at radius 1 is 1.27 bits per heavy atom. The molecule has 1 atom stereocenters. The third-order valence-corrected chi connectivity index (χ3v) is 4.47. The second-order valence-corrected chi connectivity index (χ2v) is 6.35. The molecule has 0 aliphatic carbocycles. The van der Waals surface area contributed by atoms with Crippen LogP contribution in [0, 0.1) is 0 Å². The van der Waals surface area contributed by atoms with Gasteiger partial charge in [0.05, 0.1) is 19.8 Å². The van der Waals surface area contributed by atoms with Crippen LogP contribution in [-0.4, -0.2) is 37.3 Å². The van der Waals surface area contributed by atoms with Crippen LogP contribution >= 0.6 is 0 Å². The van der Waals surface area contributed by atoms with E-state index < -0.39 is 0 Å². The Hall–Kier alpha value is -2.86. The van der Waals surface area contributed by atoms with Gasteiger partial charge in [-0.15, -0.1) is 0 Å². The summed E-state index contributed by atoms with van der Waals surface area (Å²) in [6.07, 6.45) is 1.43. The van der Waals surface area contributed by atoms with E-state index in [0.29, 0.717) is 36.7 Å². The number of nitrogens with one attached hydrogen (secondary N) is 1. The number of carbonyl (C=O) groups is 1. The summed E-state index contributed by atoms with van der Waals surface area (Å²) in [5.41, 5.74) is 3.01. The molecule has 0 spiro atoms. The van der Waals surface area contributed by atoms with Gasteiger partial charge in [-0.1, -0.05) is 12.1 Å². The monoisotopic (exact) mass is 352 g/mol. The molecule has 4 rings (SSSR count). The van der Waals surface area contributed by atoms with Gasteiger partial charge in [-0.05, 0) is 42.3 Å². The number of carbonyl (C=O) groups excluding carboxylic acids is 1. The molecule has 134 valence electrons. The molecule has 6 nitrogen and oxygen atoms in total. The molecule has 1 fully saturated rings. The van der Waals surface area contributed by atoms with Gasteiger partial charge in [-0.2, -0.15) is 0 Å². The van der Waals surface area contributed by atoms with Crippen LogP contribution < -0.4 is 10.1 Å². The Bertz CT molecular complexity index is 911. The van der Waals surface area contributed by atoms with Crippen LogP contribution in [0.15, 0.2) is 46.9 Å². The molecule has 6 heteroatoms. The van der Waals surface area contributed by atoms with Crippen molar-refractivity contribution in [1.82, 2.24) is 10.3 Å². The standard InChI is InChI=1S/C20H20N2O4/c1-24-16-5-2-13(3-6-16)10-19-22-17-7-4-14(11-18(17)26-19)20(23)21-15-8-9-25-12-15/h2-7,11,15H,8-10,12H2,1H3,(H,21,23)/t15-/m1/s1. The highest BCUT2D eigenvalue weighted by Gasteiger charge is 2.19. The van der Waals surface area contributed by atoms with E-state index >= 15 is 0 Å². The maximum Gasteiger partial charge on any atom is 0.251 e. The van der Waals surface area contributed by atoms with Crippen LogP contribution in [0.25, 0.3) is 11.1 Å². The minimum Gasteiger partial charge on any atom is -0.497 e. The van der Waals surface area contributed by atoms with Crippen molar-refractivity contribution in [3.63, 3.8) is 0 Å². The van der Waals surface area contributed by atoms with Crippen molar-refractivity contribution in [2.45, 2.75) is 18.9 Å². The van der Waals surface area contributed by atoms with E-state index in [0.717, 1.165) is 23.3 Å². The average molecular weight is 352 g/mol. The molecule has 0 saturated carbocycles. The number of fused-ring (bicyclic) bond motifs is 1. The van der Waals surface area contributed by atoms with Crippen molar-refractivity contribution in [3.8, 4) is 5.75 Å². The lowest BCUT2D eigenvalue weighted by Gasteiger charge is -2.10. The molecule has 1 saturated heterocycles. The summed E-state index contributed by atoms with van der Waals surface area (Å²) in [5.74, 6) is 1.32. The highest BCUT2D eigenvalue weighted by atomic mass is 16.5.